The van der Waals surface area contributed by atoms with Gasteiger partial charge in [0.2, 0.25) is 11.8 Å². The van der Waals surface area contributed by atoms with Gasteiger partial charge in [-0.05, 0) is 42.8 Å². The number of sulfone groups is 1. The molecule has 0 aliphatic carbocycles. The van der Waals surface area contributed by atoms with Gasteiger partial charge < -0.3 is 10.6 Å². The van der Waals surface area contributed by atoms with E-state index >= 15 is 0 Å². The summed E-state index contributed by atoms with van der Waals surface area (Å²) in [7, 11) is -3.73. The van der Waals surface area contributed by atoms with Crippen LogP contribution in [-0.4, -0.2) is 31.2 Å². The Labute approximate surface area is 173 Å². The van der Waals surface area contributed by atoms with E-state index in [0.29, 0.717) is 11.3 Å². The number of hydrogen-bond acceptors (Lipinski definition) is 5. The first-order valence-corrected chi connectivity index (χ1v) is 11.6. The Hall–Kier alpha value is -2.39. The van der Waals surface area contributed by atoms with Crippen LogP contribution in [0.3, 0.4) is 0 Å². The number of amides is 2. The van der Waals surface area contributed by atoms with Crippen LogP contribution in [0.4, 0.5) is 10.1 Å². The van der Waals surface area contributed by atoms with E-state index in [0.717, 1.165) is 4.90 Å². The minimum Gasteiger partial charge on any atom is -0.352 e. The molecule has 0 spiro atoms. The van der Waals surface area contributed by atoms with Gasteiger partial charge in [-0.1, -0.05) is 19.1 Å². The molecule has 2 aromatic carbocycles. The van der Waals surface area contributed by atoms with Crippen LogP contribution in [0.5, 0.6) is 0 Å². The summed E-state index contributed by atoms with van der Waals surface area (Å²) < 4.78 is 38.4. The zero-order valence-electron chi connectivity index (χ0n) is 15.9. The quantitative estimate of drug-likeness (QED) is 0.726. The number of hydrogen-bond donors (Lipinski definition) is 2. The smallest absolute Gasteiger partial charge is 0.237 e. The number of halogens is 1. The van der Waals surface area contributed by atoms with Crippen LogP contribution >= 0.6 is 11.8 Å². The fourth-order valence-electron chi connectivity index (χ4n) is 2.85. The number of benzene rings is 2. The van der Waals surface area contributed by atoms with Gasteiger partial charge in [-0.3, -0.25) is 9.59 Å². The van der Waals surface area contributed by atoms with E-state index < -0.39 is 21.7 Å². The minimum absolute atomic E-state index is 0.0601. The van der Waals surface area contributed by atoms with E-state index in [9.17, 15) is 22.4 Å². The monoisotopic (exact) mass is 436 g/mol. The summed E-state index contributed by atoms with van der Waals surface area (Å²) in [4.78, 5) is 25.0. The molecule has 2 N–H and O–H groups in total. The van der Waals surface area contributed by atoms with Crippen LogP contribution in [0.1, 0.15) is 19.4 Å². The number of fused-ring (bicyclic) bond motifs is 1. The summed E-state index contributed by atoms with van der Waals surface area (Å²) >= 11 is 1.37. The van der Waals surface area contributed by atoms with Crippen molar-refractivity contribution >= 4 is 39.1 Å². The molecule has 0 saturated heterocycles. The SMILES string of the molecule is C[C@H](CS(=O)(=O)c1ccc2c(c1)NC(=O)[C@@H](C)S2)C(=O)NCc1ccc(F)cc1. The van der Waals surface area contributed by atoms with Crippen molar-refractivity contribution in [1.82, 2.24) is 5.32 Å². The Balaban J connectivity index is 1.65. The molecule has 0 radical (unpaired) electrons. The van der Waals surface area contributed by atoms with Crippen molar-refractivity contribution < 1.29 is 22.4 Å². The first kappa shape index (κ1) is 21.3. The highest BCUT2D eigenvalue weighted by Crippen LogP contribution is 2.37. The van der Waals surface area contributed by atoms with Crippen molar-refractivity contribution in [3.8, 4) is 0 Å². The molecule has 154 valence electrons. The van der Waals surface area contributed by atoms with E-state index in [1.54, 1.807) is 25.1 Å². The van der Waals surface area contributed by atoms with E-state index in [1.807, 2.05) is 0 Å². The molecule has 0 fully saturated rings. The van der Waals surface area contributed by atoms with E-state index in [-0.39, 0.29) is 34.2 Å². The Morgan fingerprint density at radius 3 is 2.62 bits per heavy atom. The predicted octanol–water partition coefficient (Wildman–Crippen LogP) is 2.98. The number of anilines is 1. The van der Waals surface area contributed by atoms with Crippen molar-refractivity contribution in [2.24, 2.45) is 5.92 Å². The third kappa shape index (κ3) is 5.16. The fraction of sp³-hybridized carbons (Fsp3) is 0.300. The molecule has 29 heavy (non-hydrogen) atoms. The lowest BCUT2D eigenvalue weighted by Crippen LogP contribution is -2.33. The van der Waals surface area contributed by atoms with Crippen molar-refractivity contribution in [2.75, 3.05) is 11.1 Å². The van der Waals surface area contributed by atoms with Gasteiger partial charge in [-0.2, -0.15) is 0 Å². The van der Waals surface area contributed by atoms with E-state index in [1.165, 1.54) is 43.0 Å². The maximum absolute atomic E-state index is 12.9. The second kappa shape index (κ2) is 8.54. The molecule has 3 rings (SSSR count). The zero-order chi connectivity index (χ0) is 21.2. The first-order valence-electron chi connectivity index (χ1n) is 9.02. The van der Waals surface area contributed by atoms with Crippen molar-refractivity contribution in [3.63, 3.8) is 0 Å². The molecular weight excluding hydrogens is 415 g/mol. The second-order valence-electron chi connectivity index (χ2n) is 6.93. The zero-order valence-corrected chi connectivity index (χ0v) is 17.6. The average Bonchev–Trinajstić information content (AvgIpc) is 2.67. The van der Waals surface area contributed by atoms with Crippen LogP contribution < -0.4 is 10.6 Å². The van der Waals surface area contributed by atoms with Gasteiger partial charge in [0.15, 0.2) is 9.84 Å². The maximum Gasteiger partial charge on any atom is 0.237 e. The van der Waals surface area contributed by atoms with Gasteiger partial charge in [0.1, 0.15) is 5.82 Å². The normalized spacial score (nSPS) is 17.2. The van der Waals surface area contributed by atoms with Crippen molar-refractivity contribution in [3.05, 3.63) is 53.8 Å². The lowest BCUT2D eigenvalue weighted by atomic mass is 10.2. The average molecular weight is 437 g/mol. The van der Waals surface area contributed by atoms with E-state index in [2.05, 4.69) is 10.6 Å². The van der Waals surface area contributed by atoms with Crippen LogP contribution in [0.2, 0.25) is 0 Å². The molecule has 0 bridgehead atoms. The summed E-state index contributed by atoms with van der Waals surface area (Å²) in [5.41, 5.74) is 1.18. The summed E-state index contributed by atoms with van der Waals surface area (Å²) in [6.07, 6.45) is 0. The Kier molecular flexibility index (Phi) is 6.28. The van der Waals surface area contributed by atoms with E-state index in [4.69, 9.17) is 0 Å². The number of nitrogens with one attached hydrogen (secondary N) is 2. The summed E-state index contributed by atoms with van der Waals surface area (Å²) in [6.45, 7) is 3.50. The Morgan fingerprint density at radius 1 is 1.24 bits per heavy atom. The fourth-order valence-corrected chi connectivity index (χ4v) is 5.35. The standard InChI is InChI=1S/C20H21FN2O4S2/c1-12(19(24)22-10-14-3-5-15(21)6-4-14)11-29(26,27)16-7-8-18-17(9-16)23-20(25)13(2)28-18/h3-9,12-13H,10-11H2,1-2H3,(H,22,24)(H,23,25)/t12-,13-/m1/s1. The molecule has 1 aliphatic rings. The molecular formula is C20H21FN2O4S2. The molecule has 9 heteroatoms. The number of rotatable bonds is 6. The second-order valence-corrected chi connectivity index (χ2v) is 10.4. The number of thioether (sulfide) groups is 1. The highest BCUT2D eigenvalue weighted by Gasteiger charge is 2.27. The first-order chi connectivity index (χ1) is 13.7. The number of carbonyl (C=O) groups excluding carboxylic acids is 2. The van der Waals surface area contributed by atoms with Gasteiger partial charge in [0.05, 0.1) is 21.6 Å². The maximum atomic E-state index is 12.9. The Bertz CT molecular complexity index is 1040. The molecule has 2 aromatic rings. The van der Waals surface area contributed by atoms with Crippen LogP contribution in [0.25, 0.3) is 0 Å². The lowest BCUT2D eigenvalue weighted by molar-refractivity contribution is -0.124. The third-order valence-electron chi connectivity index (χ3n) is 4.54. The highest BCUT2D eigenvalue weighted by molar-refractivity contribution is 8.01. The molecule has 2 atom stereocenters. The molecule has 6 nitrogen and oxygen atoms in total. The highest BCUT2D eigenvalue weighted by atomic mass is 32.2. The van der Waals surface area contributed by atoms with Gasteiger partial charge >= 0.3 is 0 Å². The molecule has 1 heterocycles. The molecule has 1 aliphatic heterocycles. The molecule has 0 aromatic heterocycles. The van der Waals surface area contributed by atoms with Gasteiger partial charge in [-0.15, -0.1) is 11.8 Å². The summed E-state index contributed by atoms with van der Waals surface area (Å²) in [5, 5.41) is 5.14. The molecule has 0 saturated carbocycles. The van der Waals surface area contributed by atoms with Crippen molar-refractivity contribution in [1.29, 1.82) is 0 Å². The van der Waals surface area contributed by atoms with Crippen molar-refractivity contribution in [2.45, 2.75) is 35.4 Å². The van der Waals surface area contributed by atoms with Crippen LogP contribution in [0, 0.1) is 11.7 Å². The van der Waals surface area contributed by atoms with Crippen LogP contribution in [0.15, 0.2) is 52.3 Å². The van der Waals surface area contributed by atoms with Gasteiger partial charge in [-0.25, -0.2) is 12.8 Å². The lowest BCUT2D eigenvalue weighted by Gasteiger charge is -2.22. The molecule has 0 unspecified atom stereocenters. The minimum atomic E-state index is -3.73. The predicted molar refractivity (Wildman–Crippen MR) is 110 cm³/mol. The van der Waals surface area contributed by atoms with Crippen LogP contribution in [-0.2, 0) is 26.0 Å². The largest absolute Gasteiger partial charge is 0.352 e. The third-order valence-corrected chi connectivity index (χ3v) is 7.63. The summed E-state index contributed by atoms with van der Waals surface area (Å²) in [5.74, 6) is -2.09. The summed E-state index contributed by atoms with van der Waals surface area (Å²) in [6, 6.07) is 10.3. The topological polar surface area (TPSA) is 92.3 Å². The van der Waals surface area contributed by atoms with Gasteiger partial charge in [0, 0.05) is 17.4 Å². The van der Waals surface area contributed by atoms with Gasteiger partial charge in [0.25, 0.3) is 0 Å². The Morgan fingerprint density at radius 2 is 1.93 bits per heavy atom. The number of carbonyl (C=O) groups is 2. The molecule has 2 amide bonds.